The minimum atomic E-state index is -0.558. The summed E-state index contributed by atoms with van der Waals surface area (Å²) in [7, 11) is 0. The van der Waals surface area contributed by atoms with E-state index in [0.29, 0.717) is 18.5 Å². The number of piperidine rings is 2. The van der Waals surface area contributed by atoms with Crippen LogP contribution in [0.1, 0.15) is 77.6 Å². The van der Waals surface area contributed by atoms with Crippen LogP contribution >= 0.6 is 0 Å². The van der Waals surface area contributed by atoms with E-state index in [0.717, 1.165) is 63.9 Å². The molecule has 37 heavy (non-hydrogen) atoms. The molecule has 4 aliphatic heterocycles. The number of rotatable bonds is 7. The van der Waals surface area contributed by atoms with E-state index in [2.05, 4.69) is 40.5 Å². The first-order valence-corrected chi connectivity index (χ1v) is 13.7. The third-order valence-corrected chi connectivity index (χ3v) is 8.78. The van der Waals surface area contributed by atoms with Crippen LogP contribution in [0.2, 0.25) is 0 Å². The van der Waals surface area contributed by atoms with Crippen molar-refractivity contribution in [2.24, 2.45) is 0 Å². The van der Waals surface area contributed by atoms with Gasteiger partial charge in [-0.25, -0.2) is 0 Å². The summed E-state index contributed by atoms with van der Waals surface area (Å²) in [6.07, 6.45) is 7.15. The van der Waals surface area contributed by atoms with Crippen molar-refractivity contribution in [3.05, 3.63) is 70.3 Å². The molecule has 1 unspecified atom stereocenters. The van der Waals surface area contributed by atoms with E-state index >= 15 is 0 Å². The van der Waals surface area contributed by atoms with Crippen LogP contribution < -0.4 is 5.32 Å². The van der Waals surface area contributed by atoms with E-state index in [1.807, 2.05) is 12.1 Å². The van der Waals surface area contributed by atoms with Gasteiger partial charge in [0.25, 0.3) is 5.91 Å². The third kappa shape index (κ3) is 4.59. The zero-order valence-corrected chi connectivity index (χ0v) is 21.3. The Balaban J connectivity index is 0.973. The number of benzene rings is 2. The van der Waals surface area contributed by atoms with Crippen molar-refractivity contribution in [3.63, 3.8) is 0 Å². The van der Waals surface area contributed by atoms with E-state index < -0.39 is 6.04 Å². The Morgan fingerprint density at radius 2 is 1.81 bits per heavy atom. The molecule has 4 heterocycles. The minimum absolute atomic E-state index is 0.0695. The van der Waals surface area contributed by atoms with E-state index in [1.54, 1.807) is 4.90 Å². The molecule has 0 aliphatic carbocycles. The Kier molecular flexibility index (Phi) is 6.59. The second-order valence-corrected chi connectivity index (χ2v) is 10.9. The molecule has 1 spiro atoms. The maximum absolute atomic E-state index is 13.0. The van der Waals surface area contributed by atoms with Crippen molar-refractivity contribution < 1.29 is 19.1 Å². The highest BCUT2D eigenvalue weighted by molar-refractivity contribution is 6.05. The van der Waals surface area contributed by atoms with E-state index in [9.17, 15) is 14.4 Å². The van der Waals surface area contributed by atoms with Crippen LogP contribution in [0.5, 0.6) is 0 Å². The highest BCUT2D eigenvalue weighted by Gasteiger charge is 2.42. The molecule has 7 nitrogen and oxygen atoms in total. The number of likely N-dealkylation sites (tertiary alicyclic amines) is 1. The first-order valence-electron chi connectivity index (χ1n) is 13.7. The SMILES string of the molecule is O=C1CCC(N2Cc3c(CCCCCN4CCC5(CC4)OCc4ccccc45)cccc3C2=O)C(=O)N1. The predicted molar refractivity (Wildman–Crippen MR) is 139 cm³/mol. The average Bonchev–Trinajstić information content (AvgIpc) is 3.44. The van der Waals surface area contributed by atoms with Crippen LogP contribution in [0.4, 0.5) is 0 Å². The fourth-order valence-corrected chi connectivity index (χ4v) is 6.65. The molecule has 3 amide bonds. The summed E-state index contributed by atoms with van der Waals surface area (Å²) in [5, 5.41) is 2.38. The Hall–Kier alpha value is -3.03. The number of fused-ring (bicyclic) bond motifs is 3. The zero-order chi connectivity index (χ0) is 25.4. The molecular weight excluding hydrogens is 466 g/mol. The van der Waals surface area contributed by atoms with E-state index in [1.165, 1.54) is 23.1 Å². The largest absolute Gasteiger partial charge is 0.365 e. The first-order chi connectivity index (χ1) is 18.0. The molecule has 1 atom stereocenters. The molecule has 6 rings (SSSR count). The predicted octanol–water partition coefficient (Wildman–Crippen LogP) is 3.68. The second-order valence-electron chi connectivity index (χ2n) is 10.9. The van der Waals surface area contributed by atoms with Crippen molar-refractivity contribution in [2.45, 2.75) is 76.2 Å². The molecule has 0 saturated carbocycles. The first kappa shape index (κ1) is 24.3. The molecule has 0 aromatic heterocycles. The molecule has 1 N–H and O–H groups in total. The number of nitrogens with one attached hydrogen (secondary N) is 1. The molecule has 194 valence electrons. The van der Waals surface area contributed by atoms with Gasteiger partial charge in [-0.05, 0) is 73.4 Å². The molecule has 2 fully saturated rings. The van der Waals surface area contributed by atoms with Crippen molar-refractivity contribution in [2.75, 3.05) is 19.6 Å². The average molecular weight is 502 g/mol. The number of aryl methyl sites for hydroxylation is 1. The monoisotopic (exact) mass is 501 g/mol. The molecular formula is C30H35N3O4. The van der Waals surface area contributed by atoms with Crippen molar-refractivity contribution >= 4 is 17.7 Å². The molecule has 4 aliphatic rings. The van der Waals surface area contributed by atoms with E-state index in [-0.39, 0.29) is 29.7 Å². The van der Waals surface area contributed by atoms with Crippen LogP contribution in [0.25, 0.3) is 0 Å². The summed E-state index contributed by atoms with van der Waals surface area (Å²) in [4.78, 5) is 41.1. The number of carbonyl (C=O) groups excluding carboxylic acids is 3. The fraction of sp³-hybridized carbons (Fsp3) is 0.500. The highest BCUT2D eigenvalue weighted by Crippen LogP contribution is 2.44. The number of hydrogen-bond acceptors (Lipinski definition) is 5. The van der Waals surface area contributed by atoms with Gasteiger partial charge in [-0.3, -0.25) is 19.7 Å². The molecule has 2 aromatic rings. The molecule has 2 aromatic carbocycles. The van der Waals surface area contributed by atoms with Crippen molar-refractivity contribution in [1.29, 1.82) is 0 Å². The van der Waals surface area contributed by atoms with Gasteiger partial charge in [0.05, 0.1) is 12.2 Å². The van der Waals surface area contributed by atoms with Crippen LogP contribution in [0.3, 0.4) is 0 Å². The van der Waals surface area contributed by atoms with Crippen LogP contribution in [0.15, 0.2) is 42.5 Å². The maximum Gasteiger partial charge on any atom is 0.255 e. The van der Waals surface area contributed by atoms with Gasteiger partial charge in [0.1, 0.15) is 6.04 Å². The zero-order valence-electron chi connectivity index (χ0n) is 21.3. The molecule has 0 radical (unpaired) electrons. The Morgan fingerprint density at radius 3 is 2.65 bits per heavy atom. The number of unbranched alkanes of at least 4 members (excludes halogenated alkanes) is 2. The van der Waals surface area contributed by atoms with Gasteiger partial charge < -0.3 is 14.5 Å². The van der Waals surface area contributed by atoms with Crippen molar-refractivity contribution in [3.8, 4) is 0 Å². The molecule has 2 saturated heterocycles. The number of ether oxygens (including phenoxy) is 1. The minimum Gasteiger partial charge on any atom is -0.365 e. The summed E-state index contributed by atoms with van der Waals surface area (Å²) >= 11 is 0. The van der Waals surface area contributed by atoms with Crippen molar-refractivity contribution in [1.82, 2.24) is 15.1 Å². The van der Waals surface area contributed by atoms with Gasteiger partial charge in [-0.15, -0.1) is 0 Å². The summed E-state index contributed by atoms with van der Waals surface area (Å²) in [6, 6.07) is 14.0. The van der Waals surface area contributed by atoms with Crippen LogP contribution in [-0.4, -0.2) is 53.2 Å². The standard InChI is InChI=1S/C30H35N3O4/c34-27-13-12-26(28(35)31-27)33-19-24-21(9-6-10-23(24)29(33)36)7-2-1-5-16-32-17-14-30(15-18-32)25-11-4-3-8-22(25)20-37-30/h3-4,6,8-11,26H,1-2,5,7,12-20H2,(H,31,34,35). The van der Waals surface area contributed by atoms with E-state index in [4.69, 9.17) is 4.74 Å². The maximum atomic E-state index is 13.0. The number of imide groups is 1. The van der Waals surface area contributed by atoms with Crippen LogP contribution in [0, 0.1) is 0 Å². The summed E-state index contributed by atoms with van der Waals surface area (Å²) in [5.74, 6) is -0.707. The van der Waals surface area contributed by atoms with Crippen LogP contribution in [-0.2, 0) is 39.5 Å². The van der Waals surface area contributed by atoms with Gasteiger partial charge in [0.15, 0.2) is 0 Å². The Labute approximate surface area is 218 Å². The lowest BCUT2D eigenvalue weighted by Gasteiger charge is -2.39. The topological polar surface area (TPSA) is 79.0 Å². The Morgan fingerprint density at radius 1 is 0.973 bits per heavy atom. The lowest BCUT2D eigenvalue weighted by atomic mass is 9.84. The summed E-state index contributed by atoms with van der Waals surface area (Å²) in [6.45, 7) is 4.48. The highest BCUT2D eigenvalue weighted by atomic mass is 16.5. The summed E-state index contributed by atoms with van der Waals surface area (Å²) in [5.41, 5.74) is 5.65. The number of hydrogen-bond donors (Lipinski definition) is 1. The quantitative estimate of drug-likeness (QED) is 0.463. The fourth-order valence-electron chi connectivity index (χ4n) is 6.65. The molecule has 7 heteroatoms. The number of nitrogens with zero attached hydrogens (tertiary/aromatic N) is 2. The van der Waals surface area contributed by atoms with Gasteiger partial charge >= 0.3 is 0 Å². The third-order valence-electron chi connectivity index (χ3n) is 8.78. The smallest absolute Gasteiger partial charge is 0.255 e. The Bertz CT molecular complexity index is 1220. The summed E-state index contributed by atoms with van der Waals surface area (Å²) < 4.78 is 6.30. The number of carbonyl (C=O) groups is 3. The van der Waals surface area contributed by atoms with Gasteiger partial charge in [0, 0.05) is 31.6 Å². The number of amides is 3. The van der Waals surface area contributed by atoms with Gasteiger partial charge in [0.2, 0.25) is 11.8 Å². The lowest BCUT2D eigenvalue weighted by Crippen LogP contribution is -2.52. The molecule has 0 bridgehead atoms. The normalized spacial score (nSPS) is 22.9. The van der Waals surface area contributed by atoms with Gasteiger partial charge in [-0.2, -0.15) is 0 Å². The lowest BCUT2D eigenvalue weighted by molar-refractivity contribution is -0.136. The van der Waals surface area contributed by atoms with Gasteiger partial charge in [-0.1, -0.05) is 42.8 Å². The second kappa shape index (κ2) is 10.0.